The molecule has 3 amide bonds. The van der Waals surface area contributed by atoms with Crippen LogP contribution in [0.3, 0.4) is 0 Å². The highest BCUT2D eigenvalue weighted by Crippen LogP contribution is 2.05. The van der Waals surface area contributed by atoms with Gasteiger partial charge in [-0.2, -0.15) is 0 Å². The minimum Gasteiger partial charge on any atom is -0.366 e. The molecule has 150 valence electrons. The van der Waals surface area contributed by atoms with Crippen molar-refractivity contribution in [3.8, 4) is 0 Å². The number of ether oxygens (including phenoxy) is 1. The van der Waals surface area contributed by atoms with Gasteiger partial charge >= 0.3 is 0 Å². The second-order valence-electron chi connectivity index (χ2n) is 6.55. The van der Waals surface area contributed by atoms with Crippen molar-refractivity contribution in [2.75, 3.05) is 19.7 Å². The SMILES string of the molecule is CC(C)[C@H](NC(=O)C1CNCCO1)C(=O)N[C@@H](C)C(=O)NC([C]=O)C[C]=O. The third kappa shape index (κ3) is 7.43. The highest BCUT2D eigenvalue weighted by atomic mass is 16.5. The van der Waals surface area contributed by atoms with Crippen LogP contribution in [0.25, 0.3) is 0 Å². The Morgan fingerprint density at radius 3 is 2.33 bits per heavy atom. The Labute approximate surface area is 158 Å². The fourth-order valence-corrected chi connectivity index (χ4v) is 2.39. The van der Waals surface area contributed by atoms with Gasteiger partial charge in [0.15, 0.2) is 0 Å². The van der Waals surface area contributed by atoms with Gasteiger partial charge in [0.1, 0.15) is 24.2 Å². The summed E-state index contributed by atoms with van der Waals surface area (Å²) in [6, 6.07) is -2.97. The van der Waals surface area contributed by atoms with Crippen LogP contribution in [0, 0.1) is 5.92 Å². The molecule has 0 aromatic heterocycles. The molecule has 2 radical (unpaired) electrons. The first-order valence-corrected chi connectivity index (χ1v) is 8.76. The number of hydrogen-bond acceptors (Lipinski definition) is 7. The Hall–Kier alpha value is -2.33. The van der Waals surface area contributed by atoms with Gasteiger partial charge in [-0.15, -0.1) is 0 Å². The predicted molar refractivity (Wildman–Crippen MR) is 94.9 cm³/mol. The summed E-state index contributed by atoms with van der Waals surface area (Å²) in [5.74, 6) is -1.84. The van der Waals surface area contributed by atoms with Crippen molar-refractivity contribution in [2.24, 2.45) is 5.92 Å². The largest absolute Gasteiger partial charge is 0.366 e. The number of nitrogens with one attached hydrogen (secondary N) is 4. The molecule has 27 heavy (non-hydrogen) atoms. The molecular formula is C17H26N4O6. The molecule has 4 N–H and O–H groups in total. The van der Waals surface area contributed by atoms with Gasteiger partial charge in [0, 0.05) is 19.5 Å². The molecule has 1 aliphatic heterocycles. The third-order valence-electron chi connectivity index (χ3n) is 3.97. The summed E-state index contributed by atoms with van der Waals surface area (Å²) in [7, 11) is 0. The summed E-state index contributed by atoms with van der Waals surface area (Å²) in [5, 5.41) is 10.4. The minimum absolute atomic E-state index is 0.235. The van der Waals surface area contributed by atoms with Crippen LogP contribution in [0.2, 0.25) is 0 Å². The van der Waals surface area contributed by atoms with Crippen molar-refractivity contribution >= 4 is 30.3 Å². The lowest BCUT2D eigenvalue weighted by Crippen LogP contribution is -2.58. The molecule has 0 saturated carbocycles. The van der Waals surface area contributed by atoms with Crippen LogP contribution in [0.4, 0.5) is 0 Å². The molecular weight excluding hydrogens is 356 g/mol. The van der Waals surface area contributed by atoms with Crippen molar-refractivity contribution in [3.63, 3.8) is 0 Å². The van der Waals surface area contributed by atoms with Gasteiger partial charge in [-0.1, -0.05) is 13.8 Å². The maximum atomic E-state index is 12.5. The third-order valence-corrected chi connectivity index (χ3v) is 3.97. The zero-order chi connectivity index (χ0) is 20.4. The van der Waals surface area contributed by atoms with Crippen LogP contribution in [0.1, 0.15) is 27.2 Å². The van der Waals surface area contributed by atoms with Crippen molar-refractivity contribution in [1.29, 1.82) is 0 Å². The van der Waals surface area contributed by atoms with Crippen LogP contribution in [-0.4, -0.2) is 74.2 Å². The molecule has 2 unspecified atom stereocenters. The van der Waals surface area contributed by atoms with E-state index in [9.17, 15) is 24.0 Å². The number of hydrogen-bond donors (Lipinski definition) is 4. The van der Waals surface area contributed by atoms with E-state index in [1.165, 1.54) is 19.5 Å². The van der Waals surface area contributed by atoms with E-state index >= 15 is 0 Å². The molecule has 0 spiro atoms. The summed E-state index contributed by atoms with van der Waals surface area (Å²) in [6.45, 7) is 6.35. The van der Waals surface area contributed by atoms with E-state index in [1.807, 2.05) is 0 Å². The highest BCUT2D eigenvalue weighted by Gasteiger charge is 2.31. The molecule has 0 bridgehead atoms. The number of morpholine rings is 1. The van der Waals surface area contributed by atoms with Crippen LogP contribution in [-0.2, 0) is 28.7 Å². The van der Waals surface area contributed by atoms with E-state index in [4.69, 9.17) is 4.74 Å². The fourth-order valence-electron chi connectivity index (χ4n) is 2.39. The normalized spacial score (nSPS) is 20.1. The quantitative estimate of drug-likeness (QED) is 0.333. The smallest absolute Gasteiger partial charge is 0.251 e. The van der Waals surface area contributed by atoms with Crippen LogP contribution in [0.15, 0.2) is 0 Å². The average molecular weight is 382 g/mol. The molecule has 1 heterocycles. The van der Waals surface area contributed by atoms with Crippen molar-refractivity contribution in [3.05, 3.63) is 0 Å². The van der Waals surface area contributed by atoms with E-state index in [1.54, 1.807) is 13.8 Å². The number of amides is 3. The maximum absolute atomic E-state index is 12.5. The molecule has 1 aliphatic rings. The molecule has 4 atom stereocenters. The van der Waals surface area contributed by atoms with Crippen LogP contribution >= 0.6 is 0 Å². The van der Waals surface area contributed by atoms with E-state index in [-0.39, 0.29) is 12.3 Å². The number of carbonyl (C=O) groups is 3. The minimum atomic E-state index is -1.12. The summed E-state index contributed by atoms with van der Waals surface area (Å²) in [4.78, 5) is 57.8. The van der Waals surface area contributed by atoms with Crippen LogP contribution in [0.5, 0.6) is 0 Å². The first-order chi connectivity index (χ1) is 12.8. The lowest BCUT2D eigenvalue weighted by Gasteiger charge is -2.28. The molecule has 0 aromatic rings. The molecule has 0 aromatic carbocycles. The van der Waals surface area contributed by atoms with E-state index in [0.29, 0.717) is 19.7 Å². The molecule has 1 saturated heterocycles. The Morgan fingerprint density at radius 2 is 1.81 bits per heavy atom. The lowest BCUT2D eigenvalue weighted by molar-refractivity contribution is -0.139. The monoisotopic (exact) mass is 382 g/mol. The van der Waals surface area contributed by atoms with Gasteiger partial charge in [-0.05, 0) is 12.8 Å². The number of rotatable bonds is 10. The van der Waals surface area contributed by atoms with Gasteiger partial charge < -0.3 is 26.0 Å². The Kier molecular flexibility index (Phi) is 9.59. The Bertz CT molecular complexity index is 548. The van der Waals surface area contributed by atoms with E-state index < -0.39 is 42.0 Å². The van der Waals surface area contributed by atoms with Gasteiger partial charge in [0.05, 0.1) is 6.61 Å². The number of carbonyl (C=O) groups excluding carboxylic acids is 5. The first-order valence-electron chi connectivity index (χ1n) is 8.76. The van der Waals surface area contributed by atoms with Gasteiger partial charge in [0.25, 0.3) is 5.91 Å². The second-order valence-corrected chi connectivity index (χ2v) is 6.55. The summed E-state index contributed by atoms with van der Waals surface area (Å²) in [6.07, 6.45) is 2.02. The first kappa shape index (κ1) is 22.7. The molecule has 1 fully saturated rings. The zero-order valence-electron chi connectivity index (χ0n) is 15.7. The maximum Gasteiger partial charge on any atom is 0.251 e. The standard InChI is InChI=1S/C17H26N4O6/c1-10(2)14(21-16(25)13-8-18-5-7-27-13)17(26)19-11(3)15(24)20-12(9-23)4-6-22/h10-14,18H,4-5,7-8H2,1-3H3,(H,19,26)(H,20,24)(H,21,25)/t11-,12?,13?,14-/m0/s1. The van der Waals surface area contributed by atoms with Crippen molar-refractivity contribution < 1.29 is 28.7 Å². The lowest BCUT2D eigenvalue weighted by atomic mass is 10.0. The highest BCUT2D eigenvalue weighted by molar-refractivity contribution is 5.93. The molecule has 10 heteroatoms. The fraction of sp³-hybridized carbons (Fsp3) is 0.706. The van der Waals surface area contributed by atoms with Gasteiger partial charge in [-0.25, -0.2) is 0 Å². The second kappa shape index (κ2) is 11.4. The van der Waals surface area contributed by atoms with Gasteiger partial charge in [-0.3, -0.25) is 24.0 Å². The van der Waals surface area contributed by atoms with E-state index in [0.717, 1.165) is 0 Å². The topological polar surface area (TPSA) is 143 Å². The van der Waals surface area contributed by atoms with E-state index in [2.05, 4.69) is 21.3 Å². The van der Waals surface area contributed by atoms with Gasteiger partial charge in [0.2, 0.25) is 24.4 Å². The molecule has 10 nitrogen and oxygen atoms in total. The molecule has 1 rings (SSSR count). The summed E-state index contributed by atoms with van der Waals surface area (Å²) < 4.78 is 5.36. The summed E-state index contributed by atoms with van der Waals surface area (Å²) >= 11 is 0. The van der Waals surface area contributed by atoms with Crippen molar-refractivity contribution in [2.45, 2.75) is 51.4 Å². The average Bonchev–Trinajstić information content (AvgIpc) is 2.65. The summed E-state index contributed by atoms with van der Waals surface area (Å²) in [5.41, 5.74) is 0. The predicted octanol–water partition coefficient (Wildman–Crippen LogP) is -2.29. The van der Waals surface area contributed by atoms with Crippen LogP contribution < -0.4 is 21.3 Å². The Balaban J connectivity index is 2.63. The van der Waals surface area contributed by atoms with Crippen molar-refractivity contribution in [1.82, 2.24) is 21.3 Å². The molecule has 0 aliphatic carbocycles. The Morgan fingerprint density at radius 1 is 1.11 bits per heavy atom. The zero-order valence-corrected chi connectivity index (χ0v) is 15.7.